The summed E-state index contributed by atoms with van der Waals surface area (Å²) in [5.74, 6) is -0.616. The van der Waals surface area contributed by atoms with Crippen LogP contribution >= 0.6 is 0 Å². The van der Waals surface area contributed by atoms with E-state index < -0.39 is 5.82 Å². The number of aliphatic hydroxyl groups excluding tert-OH is 1. The molecule has 110 valence electrons. The molecule has 1 amide bonds. The van der Waals surface area contributed by atoms with Gasteiger partial charge < -0.3 is 10.4 Å². The third kappa shape index (κ3) is 3.67. The lowest BCUT2D eigenvalue weighted by Gasteiger charge is -2.08. The van der Waals surface area contributed by atoms with Crippen molar-refractivity contribution in [2.45, 2.75) is 27.0 Å². The molecule has 0 saturated heterocycles. The Morgan fingerprint density at radius 1 is 1.14 bits per heavy atom. The molecule has 0 radical (unpaired) electrons. The highest BCUT2D eigenvalue weighted by molar-refractivity contribution is 5.94. The summed E-state index contributed by atoms with van der Waals surface area (Å²) in [4.78, 5) is 12.1. The van der Waals surface area contributed by atoms with Crippen LogP contribution < -0.4 is 5.32 Å². The van der Waals surface area contributed by atoms with E-state index in [2.05, 4.69) is 5.32 Å². The number of aryl methyl sites for hydroxylation is 2. The van der Waals surface area contributed by atoms with E-state index in [1.165, 1.54) is 6.07 Å². The highest BCUT2D eigenvalue weighted by atomic mass is 19.1. The van der Waals surface area contributed by atoms with Crippen molar-refractivity contribution in [3.63, 3.8) is 0 Å². The maximum absolute atomic E-state index is 13.3. The van der Waals surface area contributed by atoms with Crippen molar-refractivity contribution in [1.82, 2.24) is 5.32 Å². The lowest BCUT2D eigenvalue weighted by atomic mass is 10.1. The first-order chi connectivity index (χ1) is 10.0. The Labute approximate surface area is 123 Å². The molecular weight excluding hydrogens is 269 g/mol. The van der Waals surface area contributed by atoms with Crippen LogP contribution in [0.2, 0.25) is 0 Å². The number of benzene rings is 2. The number of hydrogen-bond acceptors (Lipinski definition) is 2. The van der Waals surface area contributed by atoms with Crippen LogP contribution in [0.25, 0.3) is 0 Å². The van der Waals surface area contributed by atoms with Crippen LogP contribution in [0.1, 0.15) is 32.6 Å². The molecular formula is C17H18FNO2. The number of halogens is 1. The standard InChI is InChI=1S/C17H18FNO2/c1-11-3-5-14(7-12(11)2)17(21)19-9-13-4-6-16(18)15(8-13)10-20/h3-8,20H,9-10H2,1-2H3,(H,19,21). The molecule has 0 saturated carbocycles. The van der Waals surface area contributed by atoms with Gasteiger partial charge in [0.25, 0.3) is 5.91 Å². The summed E-state index contributed by atoms with van der Waals surface area (Å²) in [6.45, 7) is 3.88. The number of carbonyl (C=O) groups is 1. The van der Waals surface area contributed by atoms with Gasteiger partial charge in [0.1, 0.15) is 5.82 Å². The molecule has 2 rings (SSSR count). The Bertz CT molecular complexity index is 668. The molecule has 0 aliphatic carbocycles. The molecule has 2 aromatic rings. The zero-order valence-electron chi connectivity index (χ0n) is 12.1. The van der Waals surface area contributed by atoms with Gasteiger partial charge in [-0.2, -0.15) is 0 Å². The Kier molecular flexibility index (Phi) is 4.70. The molecule has 3 nitrogen and oxygen atoms in total. The monoisotopic (exact) mass is 287 g/mol. The molecule has 0 fully saturated rings. The van der Waals surface area contributed by atoms with Gasteiger partial charge in [-0.05, 0) is 54.8 Å². The summed E-state index contributed by atoms with van der Waals surface area (Å²) in [6.07, 6.45) is 0. The van der Waals surface area contributed by atoms with Gasteiger partial charge in [-0.1, -0.05) is 12.1 Å². The van der Waals surface area contributed by atoms with Crippen molar-refractivity contribution >= 4 is 5.91 Å². The minimum Gasteiger partial charge on any atom is -0.392 e. The summed E-state index contributed by atoms with van der Waals surface area (Å²) >= 11 is 0. The second kappa shape index (κ2) is 6.50. The smallest absolute Gasteiger partial charge is 0.251 e. The summed E-state index contributed by atoms with van der Waals surface area (Å²) in [6, 6.07) is 9.97. The highest BCUT2D eigenvalue weighted by Crippen LogP contribution is 2.12. The van der Waals surface area contributed by atoms with Crippen LogP contribution in [0.15, 0.2) is 36.4 Å². The predicted molar refractivity (Wildman–Crippen MR) is 79.4 cm³/mol. The Hall–Kier alpha value is -2.20. The average molecular weight is 287 g/mol. The number of nitrogens with one attached hydrogen (secondary N) is 1. The third-order valence-corrected chi connectivity index (χ3v) is 3.50. The molecule has 0 bridgehead atoms. The lowest BCUT2D eigenvalue weighted by Crippen LogP contribution is -2.23. The molecule has 4 heteroatoms. The fourth-order valence-electron chi connectivity index (χ4n) is 2.03. The van der Waals surface area contributed by atoms with Gasteiger partial charge in [-0.15, -0.1) is 0 Å². The first-order valence-electron chi connectivity index (χ1n) is 6.75. The molecule has 2 aromatic carbocycles. The van der Waals surface area contributed by atoms with Crippen molar-refractivity contribution < 1.29 is 14.3 Å². The minimum atomic E-state index is -0.443. The largest absolute Gasteiger partial charge is 0.392 e. The predicted octanol–water partition coefficient (Wildman–Crippen LogP) is 2.86. The van der Waals surface area contributed by atoms with Gasteiger partial charge in [0.2, 0.25) is 0 Å². The molecule has 0 aliphatic heterocycles. The van der Waals surface area contributed by atoms with E-state index in [0.29, 0.717) is 12.1 Å². The van der Waals surface area contributed by atoms with E-state index in [1.54, 1.807) is 18.2 Å². The van der Waals surface area contributed by atoms with Gasteiger partial charge in [-0.3, -0.25) is 4.79 Å². The van der Waals surface area contributed by atoms with Gasteiger partial charge in [0.15, 0.2) is 0 Å². The first-order valence-corrected chi connectivity index (χ1v) is 6.75. The maximum Gasteiger partial charge on any atom is 0.251 e. The van der Waals surface area contributed by atoms with E-state index >= 15 is 0 Å². The van der Waals surface area contributed by atoms with Gasteiger partial charge in [0, 0.05) is 17.7 Å². The van der Waals surface area contributed by atoms with E-state index in [-0.39, 0.29) is 18.1 Å². The fourth-order valence-corrected chi connectivity index (χ4v) is 2.03. The normalized spacial score (nSPS) is 10.5. The Morgan fingerprint density at radius 2 is 1.90 bits per heavy atom. The molecule has 0 aromatic heterocycles. The van der Waals surface area contributed by atoms with E-state index in [4.69, 9.17) is 5.11 Å². The third-order valence-electron chi connectivity index (χ3n) is 3.50. The molecule has 21 heavy (non-hydrogen) atoms. The van der Waals surface area contributed by atoms with Crippen molar-refractivity contribution in [2.75, 3.05) is 0 Å². The summed E-state index contributed by atoms with van der Waals surface area (Å²) in [5, 5.41) is 11.8. The molecule has 0 spiro atoms. The summed E-state index contributed by atoms with van der Waals surface area (Å²) < 4.78 is 13.3. The first kappa shape index (κ1) is 15.2. The molecule has 0 heterocycles. The van der Waals surface area contributed by atoms with E-state index in [1.807, 2.05) is 26.0 Å². The molecule has 0 aliphatic rings. The van der Waals surface area contributed by atoms with Crippen molar-refractivity contribution in [1.29, 1.82) is 0 Å². The molecule has 0 unspecified atom stereocenters. The van der Waals surface area contributed by atoms with Gasteiger partial charge in [-0.25, -0.2) is 4.39 Å². The van der Waals surface area contributed by atoms with Crippen LogP contribution in [-0.4, -0.2) is 11.0 Å². The minimum absolute atomic E-state index is 0.173. The fraction of sp³-hybridized carbons (Fsp3) is 0.235. The topological polar surface area (TPSA) is 49.3 Å². The van der Waals surface area contributed by atoms with Crippen molar-refractivity contribution in [2.24, 2.45) is 0 Å². The number of rotatable bonds is 4. The SMILES string of the molecule is Cc1ccc(C(=O)NCc2ccc(F)c(CO)c2)cc1C. The number of amides is 1. The number of carbonyl (C=O) groups excluding carboxylic acids is 1. The zero-order valence-corrected chi connectivity index (χ0v) is 12.1. The van der Waals surface area contributed by atoms with Crippen LogP contribution in [0.3, 0.4) is 0 Å². The van der Waals surface area contributed by atoms with Crippen molar-refractivity contribution in [3.8, 4) is 0 Å². The van der Waals surface area contributed by atoms with Crippen molar-refractivity contribution in [3.05, 3.63) is 70.0 Å². The molecule has 2 N–H and O–H groups in total. The van der Waals surface area contributed by atoms with E-state index in [9.17, 15) is 9.18 Å². The summed E-state index contributed by atoms with van der Waals surface area (Å²) in [7, 11) is 0. The Morgan fingerprint density at radius 3 is 2.57 bits per heavy atom. The van der Waals surface area contributed by atoms with Crippen LogP contribution in [0, 0.1) is 19.7 Å². The average Bonchev–Trinajstić information content (AvgIpc) is 2.48. The number of aliphatic hydroxyl groups is 1. The van der Waals surface area contributed by atoms with Crippen LogP contribution in [0.5, 0.6) is 0 Å². The summed E-state index contributed by atoms with van der Waals surface area (Å²) in [5.41, 5.74) is 3.78. The zero-order chi connectivity index (χ0) is 15.4. The second-order valence-corrected chi connectivity index (χ2v) is 5.07. The van der Waals surface area contributed by atoms with Crippen LogP contribution in [0.4, 0.5) is 4.39 Å². The molecule has 0 atom stereocenters. The second-order valence-electron chi connectivity index (χ2n) is 5.07. The van der Waals surface area contributed by atoms with Gasteiger partial charge >= 0.3 is 0 Å². The lowest BCUT2D eigenvalue weighted by molar-refractivity contribution is 0.0951. The van der Waals surface area contributed by atoms with Gasteiger partial charge in [0.05, 0.1) is 6.61 Å². The number of hydrogen-bond donors (Lipinski definition) is 2. The quantitative estimate of drug-likeness (QED) is 0.908. The van der Waals surface area contributed by atoms with Crippen LogP contribution in [-0.2, 0) is 13.2 Å². The highest BCUT2D eigenvalue weighted by Gasteiger charge is 2.07. The van der Waals surface area contributed by atoms with E-state index in [0.717, 1.165) is 16.7 Å². The maximum atomic E-state index is 13.3. The Balaban J connectivity index is 2.05.